The van der Waals surface area contributed by atoms with Crippen LogP contribution in [-0.4, -0.2) is 14.6 Å². The normalized spacial score (nSPS) is 11.1. The molecule has 0 amide bonds. The summed E-state index contributed by atoms with van der Waals surface area (Å²) < 4.78 is 2.54. The first-order valence-corrected chi connectivity index (χ1v) is 6.83. The molecular formula is C14H12ClN3S. The van der Waals surface area contributed by atoms with E-state index in [-0.39, 0.29) is 0 Å². The molecular weight excluding hydrogens is 278 g/mol. The van der Waals surface area contributed by atoms with Gasteiger partial charge in [-0.3, -0.25) is 5.10 Å². The van der Waals surface area contributed by atoms with E-state index in [4.69, 9.17) is 23.8 Å². The Bertz CT molecular complexity index is 804. The number of halogens is 1. The molecule has 0 aliphatic carbocycles. The Balaban J connectivity index is 2.22. The zero-order valence-electron chi connectivity index (χ0n) is 10.4. The van der Waals surface area contributed by atoms with Crippen LogP contribution in [0.15, 0.2) is 36.4 Å². The van der Waals surface area contributed by atoms with Crippen LogP contribution in [0.4, 0.5) is 0 Å². The van der Waals surface area contributed by atoms with E-state index in [0.29, 0.717) is 5.02 Å². The van der Waals surface area contributed by atoms with E-state index in [1.165, 1.54) is 0 Å². The third kappa shape index (κ3) is 2.29. The van der Waals surface area contributed by atoms with E-state index in [1.807, 2.05) is 40.9 Å². The lowest BCUT2D eigenvalue weighted by molar-refractivity contribution is 0.901. The molecule has 3 nitrogen and oxygen atoms in total. The maximum Gasteiger partial charge on any atom is 0.155 e. The predicted octanol–water partition coefficient (Wildman–Crippen LogP) is 4.27. The predicted molar refractivity (Wildman–Crippen MR) is 80.2 cm³/mol. The summed E-state index contributed by atoms with van der Waals surface area (Å²) in [4.78, 5) is 4.56. The van der Waals surface area contributed by atoms with Gasteiger partial charge in [-0.05, 0) is 24.6 Å². The molecule has 0 aliphatic rings. The first-order chi connectivity index (χ1) is 9.17. The standard InChI is InChI=1S/C14H12ClN3S/c1-2-11-7-14(19)18-13(16-11)8-12(17-18)9-4-3-5-10(15)6-9/h3-8,17H,2H2,1H3. The van der Waals surface area contributed by atoms with Crippen molar-refractivity contribution in [1.29, 1.82) is 0 Å². The van der Waals surface area contributed by atoms with Crippen molar-refractivity contribution in [2.75, 3.05) is 0 Å². The number of nitrogens with zero attached hydrogens (tertiary/aromatic N) is 2. The van der Waals surface area contributed by atoms with Gasteiger partial charge in [-0.2, -0.15) is 0 Å². The van der Waals surface area contributed by atoms with Gasteiger partial charge in [0.2, 0.25) is 0 Å². The van der Waals surface area contributed by atoms with Gasteiger partial charge in [-0.25, -0.2) is 9.50 Å². The van der Waals surface area contributed by atoms with Crippen LogP contribution in [0.1, 0.15) is 12.6 Å². The number of hydrogen-bond acceptors (Lipinski definition) is 2. The zero-order chi connectivity index (χ0) is 13.4. The first-order valence-electron chi connectivity index (χ1n) is 6.05. The maximum atomic E-state index is 6.02. The van der Waals surface area contributed by atoms with E-state index in [2.05, 4.69) is 17.0 Å². The van der Waals surface area contributed by atoms with Gasteiger partial charge in [-0.15, -0.1) is 0 Å². The molecule has 0 unspecified atom stereocenters. The van der Waals surface area contributed by atoms with Crippen LogP contribution in [0, 0.1) is 4.64 Å². The topological polar surface area (TPSA) is 33.1 Å². The molecule has 1 aromatic carbocycles. The molecule has 2 heterocycles. The van der Waals surface area contributed by atoms with E-state index >= 15 is 0 Å². The van der Waals surface area contributed by atoms with Crippen LogP contribution < -0.4 is 0 Å². The third-order valence-electron chi connectivity index (χ3n) is 3.00. The lowest BCUT2D eigenvalue weighted by Gasteiger charge is -1.98. The summed E-state index contributed by atoms with van der Waals surface area (Å²) in [6.45, 7) is 2.07. The number of nitrogens with one attached hydrogen (secondary N) is 1. The second-order valence-electron chi connectivity index (χ2n) is 4.31. The van der Waals surface area contributed by atoms with Gasteiger partial charge in [0.15, 0.2) is 5.65 Å². The number of benzene rings is 1. The Hall–Kier alpha value is -1.65. The smallest absolute Gasteiger partial charge is 0.155 e. The SMILES string of the molecule is CCc1cc(=S)n2[nH]c(-c3cccc(Cl)c3)cc2n1. The van der Waals surface area contributed by atoms with Crippen molar-refractivity contribution in [3.05, 3.63) is 51.8 Å². The molecule has 19 heavy (non-hydrogen) atoms. The molecule has 1 N–H and O–H groups in total. The Labute approximate surface area is 120 Å². The Morgan fingerprint density at radius 1 is 1.32 bits per heavy atom. The molecule has 0 fully saturated rings. The minimum atomic E-state index is 0.710. The van der Waals surface area contributed by atoms with Crippen molar-refractivity contribution >= 4 is 29.5 Å². The van der Waals surface area contributed by atoms with Crippen molar-refractivity contribution in [3.63, 3.8) is 0 Å². The molecule has 0 saturated carbocycles. The fourth-order valence-corrected chi connectivity index (χ4v) is 2.49. The third-order valence-corrected chi connectivity index (χ3v) is 3.54. The van der Waals surface area contributed by atoms with Gasteiger partial charge in [0.1, 0.15) is 4.64 Å². The fraction of sp³-hybridized carbons (Fsp3) is 0.143. The molecule has 5 heteroatoms. The summed E-state index contributed by atoms with van der Waals surface area (Å²) in [5.41, 5.74) is 3.81. The van der Waals surface area contributed by atoms with Gasteiger partial charge in [0.05, 0.1) is 5.69 Å². The summed E-state index contributed by atoms with van der Waals surface area (Å²) in [6.07, 6.45) is 0.873. The van der Waals surface area contributed by atoms with E-state index in [1.54, 1.807) is 0 Å². The highest BCUT2D eigenvalue weighted by atomic mass is 35.5. The molecule has 0 atom stereocenters. The quantitative estimate of drug-likeness (QED) is 0.715. The van der Waals surface area contributed by atoms with Crippen molar-refractivity contribution in [2.24, 2.45) is 0 Å². The summed E-state index contributed by atoms with van der Waals surface area (Å²) in [6, 6.07) is 11.6. The number of H-pyrrole nitrogens is 1. The van der Waals surface area contributed by atoms with Crippen LogP contribution in [0.5, 0.6) is 0 Å². The minimum Gasteiger partial charge on any atom is -0.291 e. The number of rotatable bonds is 2. The zero-order valence-corrected chi connectivity index (χ0v) is 11.9. The number of fused-ring (bicyclic) bond motifs is 1. The largest absolute Gasteiger partial charge is 0.291 e. The number of aromatic amines is 1. The average molecular weight is 290 g/mol. The molecule has 0 spiro atoms. The lowest BCUT2D eigenvalue weighted by atomic mass is 10.1. The highest BCUT2D eigenvalue weighted by Gasteiger charge is 2.06. The number of hydrogen-bond donors (Lipinski definition) is 1. The van der Waals surface area contributed by atoms with Gasteiger partial charge < -0.3 is 0 Å². The monoisotopic (exact) mass is 289 g/mol. The summed E-state index contributed by atoms with van der Waals surface area (Å²) in [5, 5.41) is 3.96. The van der Waals surface area contributed by atoms with Gasteiger partial charge in [0.25, 0.3) is 0 Å². The number of aromatic nitrogens is 3. The lowest BCUT2D eigenvalue weighted by Crippen LogP contribution is -1.95. The van der Waals surface area contributed by atoms with E-state index in [9.17, 15) is 0 Å². The molecule has 96 valence electrons. The van der Waals surface area contributed by atoms with Crippen molar-refractivity contribution < 1.29 is 0 Å². The maximum absolute atomic E-state index is 6.02. The molecule has 0 radical (unpaired) electrons. The molecule has 0 aliphatic heterocycles. The highest BCUT2D eigenvalue weighted by molar-refractivity contribution is 7.71. The summed E-state index contributed by atoms with van der Waals surface area (Å²) >= 11 is 11.4. The van der Waals surface area contributed by atoms with Crippen molar-refractivity contribution in [3.8, 4) is 11.3 Å². The van der Waals surface area contributed by atoms with E-state index < -0.39 is 0 Å². The average Bonchev–Trinajstić information content (AvgIpc) is 2.83. The van der Waals surface area contributed by atoms with Crippen LogP contribution in [-0.2, 0) is 6.42 Å². The van der Waals surface area contributed by atoms with Crippen molar-refractivity contribution in [1.82, 2.24) is 14.6 Å². The number of aryl methyl sites for hydroxylation is 1. The second-order valence-corrected chi connectivity index (χ2v) is 5.17. The van der Waals surface area contributed by atoms with Gasteiger partial charge >= 0.3 is 0 Å². The van der Waals surface area contributed by atoms with E-state index in [0.717, 1.165) is 33.7 Å². The van der Waals surface area contributed by atoms with Crippen molar-refractivity contribution in [2.45, 2.75) is 13.3 Å². The highest BCUT2D eigenvalue weighted by Crippen LogP contribution is 2.22. The summed E-state index contributed by atoms with van der Waals surface area (Å²) in [7, 11) is 0. The molecule has 0 saturated heterocycles. The van der Waals surface area contributed by atoms with Crippen LogP contribution in [0.3, 0.4) is 0 Å². The fourth-order valence-electron chi connectivity index (χ4n) is 2.03. The Kier molecular flexibility index (Phi) is 3.12. The Morgan fingerprint density at radius 2 is 2.16 bits per heavy atom. The van der Waals surface area contributed by atoms with Crippen LogP contribution in [0.25, 0.3) is 16.9 Å². The first kappa shape index (κ1) is 12.4. The van der Waals surface area contributed by atoms with Crippen LogP contribution in [0.2, 0.25) is 5.02 Å². The minimum absolute atomic E-state index is 0.710. The molecule has 3 rings (SSSR count). The van der Waals surface area contributed by atoms with Gasteiger partial charge in [-0.1, -0.05) is 42.9 Å². The molecule has 0 bridgehead atoms. The Morgan fingerprint density at radius 3 is 2.89 bits per heavy atom. The summed E-state index contributed by atoms with van der Waals surface area (Å²) in [5.74, 6) is 0. The van der Waals surface area contributed by atoms with Gasteiger partial charge in [0, 0.05) is 22.3 Å². The molecule has 3 aromatic rings. The molecule has 2 aromatic heterocycles. The second kappa shape index (κ2) is 4.79. The van der Waals surface area contributed by atoms with Crippen LogP contribution >= 0.6 is 23.8 Å².